The molecule has 0 aromatic heterocycles. The second-order valence-corrected chi connectivity index (χ2v) is 15.9. The maximum atomic E-state index is 12.4. The van der Waals surface area contributed by atoms with Crippen LogP contribution in [-0.2, 0) is 28.2 Å². The van der Waals surface area contributed by atoms with Gasteiger partial charge in [-0.25, -0.2) is 4.57 Å². The Labute approximate surface area is 331 Å². The normalized spacial score (nSPS) is 12.9. The molecule has 0 unspecified atom stereocenters. The van der Waals surface area contributed by atoms with Crippen molar-refractivity contribution in [1.82, 2.24) is 0 Å². The summed E-state index contributed by atoms with van der Waals surface area (Å²) < 4.78 is 26.4. The van der Waals surface area contributed by atoms with Gasteiger partial charge in [-0.15, -0.1) is 0 Å². The van der Waals surface area contributed by atoms with Gasteiger partial charge in [-0.2, -0.15) is 0 Å². The van der Waals surface area contributed by atoms with E-state index in [9.17, 15) is 14.2 Å². The first-order chi connectivity index (χ1) is 26.3. The van der Waals surface area contributed by atoms with Crippen molar-refractivity contribution >= 4 is 19.8 Å². The summed E-state index contributed by atoms with van der Waals surface area (Å²) in [7, 11) is -4.77. The Morgan fingerprint density at radius 1 is 0.481 bits per heavy atom. The molecule has 0 aromatic carbocycles. The van der Waals surface area contributed by atoms with Crippen LogP contribution in [0.25, 0.3) is 0 Å². The highest BCUT2D eigenvalue weighted by molar-refractivity contribution is 7.46. The number of unbranched alkanes of at least 4 members (excludes halogenated alkanes) is 22. The second kappa shape index (κ2) is 40.7. The number of rotatable bonds is 40. The quantitative estimate of drug-likeness (QED) is 0.0273. The SMILES string of the molecule is CCCCC/C=C\C/C=C\C/C=C\C/C=C\CCCC(=O)OC[C@H](COP(=O)(O)O)OC(=O)CCCCCCCCCCCCCCCCCCCCC. The van der Waals surface area contributed by atoms with Gasteiger partial charge in [-0.1, -0.05) is 191 Å². The Kier molecular flexibility index (Phi) is 39.2. The number of carbonyl (C=O) groups excluding carboxylic acids is 2. The van der Waals surface area contributed by atoms with E-state index in [1.54, 1.807) is 0 Å². The van der Waals surface area contributed by atoms with Crippen LogP contribution >= 0.6 is 7.82 Å². The molecular formula is C45H81O8P. The zero-order valence-corrected chi connectivity index (χ0v) is 35.5. The van der Waals surface area contributed by atoms with Crippen LogP contribution in [0, 0.1) is 0 Å². The highest BCUT2D eigenvalue weighted by atomic mass is 31.2. The van der Waals surface area contributed by atoms with Crippen LogP contribution in [0.5, 0.6) is 0 Å². The zero-order chi connectivity index (χ0) is 39.6. The topological polar surface area (TPSA) is 119 Å². The minimum atomic E-state index is -4.77. The van der Waals surface area contributed by atoms with Crippen molar-refractivity contribution in [3.63, 3.8) is 0 Å². The average molecular weight is 781 g/mol. The summed E-state index contributed by atoms with van der Waals surface area (Å²) in [6.07, 6.45) is 49.8. The van der Waals surface area contributed by atoms with Crippen LogP contribution in [0.1, 0.15) is 206 Å². The van der Waals surface area contributed by atoms with E-state index in [4.69, 9.17) is 19.3 Å². The Morgan fingerprint density at radius 3 is 1.30 bits per heavy atom. The molecule has 0 aliphatic rings. The molecule has 0 radical (unpaired) electrons. The van der Waals surface area contributed by atoms with Gasteiger partial charge in [0.1, 0.15) is 6.61 Å². The zero-order valence-electron chi connectivity index (χ0n) is 34.6. The molecule has 0 spiro atoms. The standard InChI is InChI=1S/C45H81O8P/c1-3-5-7-9-11-13-15-17-19-21-22-24-26-28-30-32-34-36-38-40-45(47)53-43(42-52-54(48,49)50)41-51-44(46)39-37-35-33-31-29-27-25-23-20-18-16-14-12-10-8-6-4-2/h12,14,18,20,25,27,31,33,43H,3-11,13,15-17,19,21-24,26,28-30,32,34-42H2,1-2H3,(H2,48,49,50)/b14-12-,20-18-,27-25-,33-31-/t43-/m1/s1. The van der Waals surface area contributed by atoms with Crippen LogP contribution in [0.4, 0.5) is 0 Å². The molecule has 1 atom stereocenters. The number of allylic oxidation sites excluding steroid dienone is 8. The number of hydrogen-bond acceptors (Lipinski definition) is 6. The van der Waals surface area contributed by atoms with Crippen molar-refractivity contribution in [1.29, 1.82) is 0 Å². The van der Waals surface area contributed by atoms with Gasteiger partial charge < -0.3 is 19.3 Å². The molecule has 314 valence electrons. The molecule has 9 heteroatoms. The molecule has 0 fully saturated rings. The smallest absolute Gasteiger partial charge is 0.462 e. The molecule has 0 heterocycles. The number of phosphoric ester groups is 1. The Morgan fingerprint density at radius 2 is 0.852 bits per heavy atom. The van der Waals surface area contributed by atoms with Crippen LogP contribution < -0.4 is 0 Å². The molecule has 0 saturated carbocycles. The first-order valence-electron chi connectivity index (χ1n) is 21.9. The number of carbonyl (C=O) groups is 2. The molecule has 8 nitrogen and oxygen atoms in total. The van der Waals surface area contributed by atoms with Crippen LogP contribution in [0.2, 0.25) is 0 Å². The minimum Gasteiger partial charge on any atom is -0.462 e. The summed E-state index contributed by atoms with van der Waals surface area (Å²) in [6.45, 7) is 3.63. The molecule has 0 saturated heterocycles. The molecule has 54 heavy (non-hydrogen) atoms. The fourth-order valence-electron chi connectivity index (χ4n) is 6.07. The van der Waals surface area contributed by atoms with Gasteiger partial charge in [0.25, 0.3) is 0 Å². The van der Waals surface area contributed by atoms with Crippen LogP contribution in [0.3, 0.4) is 0 Å². The Balaban J connectivity index is 3.96. The van der Waals surface area contributed by atoms with Gasteiger partial charge in [0.2, 0.25) is 0 Å². The first-order valence-corrected chi connectivity index (χ1v) is 23.5. The molecule has 0 aliphatic heterocycles. The largest absolute Gasteiger partial charge is 0.469 e. The monoisotopic (exact) mass is 781 g/mol. The van der Waals surface area contributed by atoms with Gasteiger partial charge in [-0.05, 0) is 51.4 Å². The predicted molar refractivity (Wildman–Crippen MR) is 225 cm³/mol. The summed E-state index contributed by atoms with van der Waals surface area (Å²) in [5.74, 6) is -0.945. The first kappa shape index (κ1) is 52.0. The fourth-order valence-corrected chi connectivity index (χ4v) is 6.43. The van der Waals surface area contributed by atoms with E-state index in [2.05, 4.69) is 60.9 Å². The number of hydrogen-bond donors (Lipinski definition) is 2. The lowest BCUT2D eigenvalue weighted by Gasteiger charge is -2.18. The molecular weight excluding hydrogens is 699 g/mol. The molecule has 0 aliphatic carbocycles. The van der Waals surface area contributed by atoms with E-state index in [1.165, 1.54) is 122 Å². The van der Waals surface area contributed by atoms with Crippen molar-refractivity contribution in [2.45, 2.75) is 213 Å². The molecule has 0 amide bonds. The molecule has 0 rings (SSSR count). The molecule has 0 aromatic rings. The Bertz CT molecular complexity index is 1020. The van der Waals surface area contributed by atoms with Crippen molar-refractivity contribution in [2.24, 2.45) is 0 Å². The van der Waals surface area contributed by atoms with E-state index in [0.29, 0.717) is 12.8 Å². The number of ether oxygens (including phenoxy) is 2. The van der Waals surface area contributed by atoms with Crippen molar-refractivity contribution < 1.29 is 37.9 Å². The maximum Gasteiger partial charge on any atom is 0.469 e. The molecule has 2 N–H and O–H groups in total. The summed E-state index contributed by atoms with van der Waals surface area (Å²) >= 11 is 0. The summed E-state index contributed by atoms with van der Waals surface area (Å²) in [5.41, 5.74) is 0. The van der Waals surface area contributed by atoms with E-state index >= 15 is 0 Å². The lowest BCUT2D eigenvalue weighted by Crippen LogP contribution is -2.29. The van der Waals surface area contributed by atoms with Gasteiger partial charge >= 0.3 is 19.8 Å². The third-order valence-electron chi connectivity index (χ3n) is 9.35. The maximum absolute atomic E-state index is 12.4. The summed E-state index contributed by atoms with van der Waals surface area (Å²) in [5, 5.41) is 0. The van der Waals surface area contributed by atoms with Gasteiger partial charge in [0, 0.05) is 12.8 Å². The average Bonchev–Trinajstić information content (AvgIpc) is 3.14. The fraction of sp³-hybridized carbons (Fsp3) is 0.778. The van der Waals surface area contributed by atoms with E-state index in [1.807, 2.05) is 6.08 Å². The highest BCUT2D eigenvalue weighted by Crippen LogP contribution is 2.36. The summed E-state index contributed by atoms with van der Waals surface area (Å²) in [6, 6.07) is 0. The van der Waals surface area contributed by atoms with Gasteiger partial charge in [0.05, 0.1) is 6.61 Å². The van der Waals surface area contributed by atoms with Gasteiger partial charge in [-0.3, -0.25) is 14.1 Å². The highest BCUT2D eigenvalue weighted by Gasteiger charge is 2.22. The van der Waals surface area contributed by atoms with Gasteiger partial charge in [0.15, 0.2) is 6.10 Å². The van der Waals surface area contributed by atoms with Crippen LogP contribution in [0.15, 0.2) is 48.6 Å². The second-order valence-electron chi connectivity index (χ2n) is 14.7. The Hall–Kier alpha value is -1.99. The van der Waals surface area contributed by atoms with E-state index in [0.717, 1.165) is 44.9 Å². The lowest BCUT2D eigenvalue weighted by molar-refractivity contribution is -0.161. The third-order valence-corrected chi connectivity index (χ3v) is 9.84. The van der Waals surface area contributed by atoms with E-state index in [-0.39, 0.29) is 19.4 Å². The summed E-state index contributed by atoms with van der Waals surface area (Å²) in [4.78, 5) is 42.9. The van der Waals surface area contributed by atoms with Crippen LogP contribution in [-0.4, -0.2) is 41.0 Å². The molecule has 0 bridgehead atoms. The number of esters is 2. The van der Waals surface area contributed by atoms with Crippen molar-refractivity contribution in [3.05, 3.63) is 48.6 Å². The van der Waals surface area contributed by atoms with Crippen molar-refractivity contribution in [2.75, 3.05) is 13.2 Å². The number of phosphoric acid groups is 1. The van der Waals surface area contributed by atoms with E-state index < -0.39 is 32.5 Å². The minimum absolute atomic E-state index is 0.192. The lowest BCUT2D eigenvalue weighted by atomic mass is 10.0. The third kappa shape index (κ3) is 42.7. The van der Waals surface area contributed by atoms with Crippen molar-refractivity contribution in [3.8, 4) is 0 Å². The predicted octanol–water partition coefficient (Wildman–Crippen LogP) is 13.5.